The van der Waals surface area contributed by atoms with E-state index in [1.807, 2.05) is 0 Å². The third-order valence-electron chi connectivity index (χ3n) is 5.96. The van der Waals surface area contributed by atoms with Crippen LogP contribution in [0.5, 0.6) is 0 Å². The number of aliphatic hydroxyl groups is 1. The fourth-order valence-corrected chi connectivity index (χ4v) is 4.84. The van der Waals surface area contributed by atoms with Gasteiger partial charge < -0.3 is 5.11 Å². The topological polar surface area (TPSA) is 20.2 Å². The summed E-state index contributed by atoms with van der Waals surface area (Å²) in [5.41, 5.74) is 1.43. The van der Waals surface area contributed by atoms with Crippen molar-refractivity contribution >= 4 is 0 Å². The van der Waals surface area contributed by atoms with Crippen LogP contribution in [0.4, 0.5) is 0 Å². The van der Waals surface area contributed by atoms with E-state index in [2.05, 4.69) is 33.8 Å². The van der Waals surface area contributed by atoms with Crippen LogP contribution in [0.3, 0.4) is 0 Å². The molecule has 0 aromatic rings. The van der Waals surface area contributed by atoms with E-state index >= 15 is 0 Å². The first-order chi connectivity index (χ1) is 7.29. The van der Waals surface area contributed by atoms with Crippen LogP contribution in [-0.4, -0.2) is 10.7 Å². The Morgan fingerprint density at radius 2 is 1.88 bits per heavy atom. The highest BCUT2D eigenvalue weighted by atomic mass is 16.3. The molecule has 0 aromatic heterocycles. The molecule has 1 nitrogen and oxygen atoms in total. The van der Waals surface area contributed by atoms with Gasteiger partial charge >= 0.3 is 0 Å². The van der Waals surface area contributed by atoms with Crippen LogP contribution in [0.1, 0.15) is 53.4 Å². The fourth-order valence-electron chi connectivity index (χ4n) is 4.84. The maximum absolute atomic E-state index is 10.8. The minimum absolute atomic E-state index is 0.171. The summed E-state index contributed by atoms with van der Waals surface area (Å²) in [6.07, 6.45) is 7.18. The minimum Gasteiger partial charge on any atom is -0.385 e. The Morgan fingerprint density at radius 3 is 2.44 bits per heavy atom. The number of fused-ring (bicyclic) bond motifs is 3. The molecule has 3 rings (SSSR count). The van der Waals surface area contributed by atoms with Crippen molar-refractivity contribution in [1.82, 2.24) is 0 Å². The summed E-state index contributed by atoms with van der Waals surface area (Å²) in [4.78, 5) is 0. The maximum Gasteiger partial charge on any atom is 0.0910 e. The van der Waals surface area contributed by atoms with Gasteiger partial charge in [-0.15, -0.1) is 0 Å². The Hall–Kier alpha value is -0.300. The largest absolute Gasteiger partial charge is 0.385 e. The first kappa shape index (κ1) is 10.8. The van der Waals surface area contributed by atoms with Gasteiger partial charge in [-0.2, -0.15) is 0 Å². The molecule has 0 aromatic carbocycles. The van der Waals surface area contributed by atoms with Gasteiger partial charge in [-0.1, -0.05) is 26.8 Å². The summed E-state index contributed by atoms with van der Waals surface area (Å²) in [5, 5.41) is 10.8. The average molecular weight is 220 g/mol. The van der Waals surface area contributed by atoms with E-state index in [1.54, 1.807) is 0 Å². The normalized spacial score (nSPS) is 53.7. The van der Waals surface area contributed by atoms with E-state index < -0.39 is 5.60 Å². The molecule has 90 valence electrons. The van der Waals surface area contributed by atoms with Gasteiger partial charge in [-0.05, 0) is 55.4 Å². The van der Waals surface area contributed by atoms with E-state index in [0.717, 1.165) is 12.3 Å². The fraction of sp³-hybridized carbons (Fsp3) is 0.867. The second-order valence-corrected chi connectivity index (χ2v) is 7.47. The molecule has 4 atom stereocenters. The molecular weight excluding hydrogens is 196 g/mol. The molecule has 1 N–H and O–H groups in total. The molecule has 3 aliphatic rings. The molecule has 0 aliphatic heterocycles. The summed E-state index contributed by atoms with van der Waals surface area (Å²) in [7, 11) is 0. The van der Waals surface area contributed by atoms with Crippen molar-refractivity contribution in [2.24, 2.45) is 22.7 Å². The van der Waals surface area contributed by atoms with Crippen LogP contribution in [0.15, 0.2) is 11.6 Å². The first-order valence-corrected chi connectivity index (χ1v) is 6.70. The summed E-state index contributed by atoms with van der Waals surface area (Å²) in [6.45, 7) is 9.23. The van der Waals surface area contributed by atoms with Crippen LogP contribution in [0.25, 0.3) is 0 Å². The van der Waals surface area contributed by atoms with E-state index in [-0.39, 0.29) is 5.41 Å². The smallest absolute Gasteiger partial charge is 0.0910 e. The lowest BCUT2D eigenvalue weighted by Crippen LogP contribution is -2.62. The maximum atomic E-state index is 10.8. The average Bonchev–Trinajstić information content (AvgIpc) is 2.48. The van der Waals surface area contributed by atoms with Gasteiger partial charge in [-0.3, -0.25) is 0 Å². The van der Waals surface area contributed by atoms with E-state index in [4.69, 9.17) is 0 Å². The standard InChI is InChI=1S/C15H24O/c1-10-7-11-8-13(2,3)9-12(11)14(4)5-6-15(10,14)16/h7,11-12,16H,5-6,8-9H2,1-4H3/t11-,12+,14-,15-/m0/s1. The first-order valence-electron chi connectivity index (χ1n) is 6.70. The Bertz CT molecular complexity index is 368. The predicted molar refractivity (Wildman–Crippen MR) is 66.0 cm³/mol. The minimum atomic E-state index is -0.464. The van der Waals surface area contributed by atoms with Crippen molar-refractivity contribution in [2.75, 3.05) is 0 Å². The quantitative estimate of drug-likeness (QED) is 0.619. The third kappa shape index (κ3) is 1.06. The zero-order valence-corrected chi connectivity index (χ0v) is 11.0. The van der Waals surface area contributed by atoms with Crippen molar-refractivity contribution in [3.63, 3.8) is 0 Å². The molecule has 1 heteroatoms. The Kier molecular flexibility index (Phi) is 1.86. The third-order valence-corrected chi connectivity index (χ3v) is 5.96. The number of rotatable bonds is 0. The number of allylic oxidation sites excluding steroid dienone is 1. The molecule has 16 heavy (non-hydrogen) atoms. The van der Waals surface area contributed by atoms with Gasteiger partial charge in [0.05, 0.1) is 5.60 Å². The molecule has 0 bridgehead atoms. The van der Waals surface area contributed by atoms with Crippen molar-refractivity contribution in [3.05, 3.63) is 11.6 Å². The molecular formula is C15H24O. The Balaban J connectivity index is 2.04. The van der Waals surface area contributed by atoms with Crippen LogP contribution < -0.4 is 0 Å². The molecule has 0 radical (unpaired) electrons. The molecule has 0 amide bonds. The van der Waals surface area contributed by atoms with Gasteiger partial charge in [0.1, 0.15) is 0 Å². The van der Waals surface area contributed by atoms with E-state index in [1.165, 1.54) is 24.8 Å². The van der Waals surface area contributed by atoms with E-state index in [0.29, 0.717) is 11.3 Å². The number of hydrogen-bond acceptors (Lipinski definition) is 1. The summed E-state index contributed by atoms with van der Waals surface area (Å²) >= 11 is 0. The summed E-state index contributed by atoms with van der Waals surface area (Å²) < 4.78 is 0. The van der Waals surface area contributed by atoms with Crippen molar-refractivity contribution in [1.29, 1.82) is 0 Å². The molecule has 0 heterocycles. The van der Waals surface area contributed by atoms with Gasteiger partial charge in [0.2, 0.25) is 0 Å². The highest BCUT2D eigenvalue weighted by molar-refractivity contribution is 5.33. The van der Waals surface area contributed by atoms with Gasteiger partial charge in [0, 0.05) is 5.41 Å². The Morgan fingerprint density at radius 1 is 1.19 bits per heavy atom. The second kappa shape index (κ2) is 2.75. The second-order valence-electron chi connectivity index (χ2n) is 7.47. The molecule has 0 unspecified atom stereocenters. The molecule has 0 spiro atoms. The highest BCUT2D eigenvalue weighted by Crippen LogP contribution is 2.67. The predicted octanol–water partition coefficient (Wildman–Crippen LogP) is 3.53. The zero-order valence-electron chi connectivity index (χ0n) is 11.0. The lowest BCUT2D eigenvalue weighted by molar-refractivity contribution is -0.173. The Labute approximate surface area is 98.9 Å². The van der Waals surface area contributed by atoms with Gasteiger partial charge in [-0.25, -0.2) is 0 Å². The van der Waals surface area contributed by atoms with Crippen LogP contribution in [0, 0.1) is 22.7 Å². The van der Waals surface area contributed by atoms with Crippen LogP contribution in [-0.2, 0) is 0 Å². The SMILES string of the molecule is CC1=C[C@H]2CC(C)(C)C[C@H]2[C@]2(C)CC[C@]12O. The summed E-state index contributed by atoms with van der Waals surface area (Å²) in [6, 6.07) is 0. The van der Waals surface area contributed by atoms with Crippen LogP contribution in [0.2, 0.25) is 0 Å². The molecule has 0 saturated heterocycles. The van der Waals surface area contributed by atoms with Crippen molar-refractivity contribution < 1.29 is 5.11 Å². The zero-order chi connectivity index (χ0) is 11.8. The highest BCUT2D eigenvalue weighted by Gasteiger charge is 2.65. The monoisotopic (exact) mass is 220 g/mol. The van der Waals surface area contributed by atoms with Crippen molar-refractivity contribution in [3.8, 4) is 0 Å². The molecule has 2 saturated carbocycles. The number of hydrogen-bond donors (Lipinski definition) is 1. The lowest BCUT2D eigenvalue weighted by atomic mass is 9.46. The van der Waals surface area contributed by atoms with Gasteiger partial charge in [0.25, 0.3) is 0 Å². The molecule has 3 aliphatic carbocycles. The van der Waals surface area contributed by atoms with Crippen LogP contribution >= 0.6 is 0 Å². The van der Waals surface area contributed by atoms with E-state index in [9.17, 15) is 5.11 Å². The lowest BCUT2D eigenvalue weighted by Gasteiger charge is -2.62. The molecule has 2 fully saturated rings. The summed E-state index contributed by atoms with van der Waals surface area (Å²) in [5.74, 6) is 1.44. The van der Waals surface area contributed by atoms with Crippen molar-refractivity contribution in [2.45, 2.75) is 59.0 Å². The van der Waals surface area contributed by atoms with Gasteiger partial charge in [0.15, 0.2) is 0 Å².